The summed E-state index contributed by atoms with van der Waals surface area (Å²) >= 11 is 0. The van der Waals surface area contributed by atoms with E-state index in [1.54, 1.807) is 18.2 Å². The number of carbonyl (C=O) groups is 1. The Hall–Kier alpha value is -3.21. The van der Waals surface area contributed by atoms with Gasteiger partial charge in [-0.05, 0) is 29.0 Å². The number of hydrogen-bond acceptors (Lipinski definition) is 6. The Labute approximate surface area is 168 Å². The lowest BCUT2D eigenvalue weighted by molar-refractivity contribution is -0.140. The fraction of sp³-hybridized carbons (Fsp3) is 0.250. The van der Waals surface area contributed by atoms with E-state index in [-0.39, 0.29) is 5.82 Å². The molecule has 30 heavy (non-hydrogen) atoms. The molecule has 156 valence electrons. The third kappa shape index (κ3) is 3.45. The number of alkyl halides is 2. The predicted molar refractivity (Wildman–Crippen MR) is 102 cm³/mol. The SMILES string of the molecule is O=C(Nc1ccn([C@@H]2O[C@H](CO)[C@@H](O)C2(F)F)c(=O)n1)c1ccc2ccccc2c1. The number of fused-ring (bicyclic) bond motifs is 1. The summed E-state index contributed by atoms with van der Waals surface area (Å²) in [6.45, 7) is -0.838. The van der Waals surface area contributed by atoms with Gasteiger partial charge in [0.05, 0.1) is 6.61 Å². The Morgan fingerprint density at radius 1 is 1.20 bits per heavy atom. The molecule has 3 N–H and O–H groups in total. The van der Waals surface area contributed by atoms with Gasteiger partial charge < -0.3 is 20.3 Å². The van der Waals surface area contributed by atoms with E-state index in [9.17, 15) is 23.5 Å². The van der Waals surface area contributed by atoms with Crippen LogP contribution in [0.1, 0.15) is 16.6 Å². The van der Waals surface area contributed by atoms with Crippen LogP contribution in [-0.2, 0) is 4.74 Å². The fourth-order valence-corrected chi connectivity index (χ4v) is 3.30. The second kappa shape index (κ2) is 7.56. The lowest BCUT2D eigenvalue weighted by atomic mass is 10.1. The molecule has 1 aromatic heterocycles. The molecule has 8 nitrogen and oxygen atoms in total. The smallest absolute Gasteiger partial charge is 0.351 e. The summed E-state index contributed by atoms with van der Waals surface area (Å²) in [6.07, 6.45) is -4.96. The highest BCUT2D eigenvalue weighted by Crippen LogP contribution is 2.41. The van der Waals surface area contributed by atoms with Crippen molar-refractivity contribution in [2.75, 3.05) is 11.9 Å². The second-order valence-corrected chi connectivity index (χ2v) is 6.85. The molecule has 2 heterocycles. The number of rotatable bonds is 4. The first-order valence-electron chi connectivity index (χ1n) is 9.03. The average Bonchev–Trinajstić information content (AvgIpc) is 2.96. The van der Waals surface area contributed by atoms with Crippen LogP contribution in [0, 0.1) is 0 Å². The van der Waals surface area contributed by atoms with Crippen LogP contribution in [0.15, 0.2) is 59.5 Å². The van der Waals surface area contributed by atoms with Crippen LogP contribution in [0.5, 0.6) is 0 Å². The standard InChI is InChI=1S/C20H17F2N3O5/c21-20(22)16(27)14(10-26)30-18(20)25-8-7-15(24-19(25)29)23-17(28)13-6-5-11-3-1-2-4-12(11)9-13/h1-9,14,16,18,26-27H,10H2,(H,23,24,28,29)/t14-,16-,18-/m1/s1. The van der Waals surface area contributed by atoms with Gasteiger partial charge in [0.2, 0.25) is 6.23 Å². The topological polar surface area (TPSA) is 114 Å². The van der Waals surface area contributed by atoms with Crippen molar-refractivity contribution in [2.45, 2.75) is 24.4 Å². The molecule has 0 aliphatic carbocycles. The zero-order valence-electron chi connectivity index (χ0n) is 15.4. The molecule has 10 heteroatoms. The van der Waals surface area contributed by atoms with Crippen LogP contribution < -0.4 is 11.0 Å². The largest absolute Gasteiger partial charge is 0.394 e. The Kier molecular flexibility index (Phi) is 5.06. The summed E-state index contributed by atoms with van der Waals surface area (Å²) in [7, 11) is 0. The minimum absolute atomic E-state index is 0.130. The first-order chi connectivity index (χ1) is 14.3. The Morgan fingerprint density at radius 3 is 2.60 bits per heavy atom. The molecule has 2 aromatic carbocycles. The van der Waals surface area contributed by atoms with Crippen LogP contribution in [0.2, 0.25) is 0 Å². The number of ether oxygens (including phenoxy) is 1. The minimum atomic E-state index is -3.81. The van der Waals surface area contributed by atoms with Gasteiger partial charge >= 0.3 is 11.6 Å². The average molecular weight is 417 g/mol. The predicted octanol–water partition coefficient (Wildman–Crippen LogP) is 1.53. The summed E-state index contributed by atoms with van der Waals surface area (Å²) in [5.74, 6) is -4.46. The van der Waals surface area contributed by atoms with E-state index in [4.69, 9.17) is 9.84 Å². The minimum Gasteiger partial charge on any atom is -0.394 e. The highest BCUT2D eigenvalue weighted by Gasteiger charge is 2.59. The molecule has 0 bridgehead atoms. The maximum Gasteiger partial charge on any atom is 0.351 e. The molecule has 1 saturated heterocycles. The number of amides is 1. The molecular weight excluding hydrogens is 400 g/mol. The second-order valence-electron chi connectivity index (χ2n) is 6.85. The van der Waals surface area contributed by atoms with Gasteiger partial charge in [0, 0.05) is 11.8 Å². The van der Waals surface area contributed by atoms with Gasteiger partial charge in [0.15, 0.2) is 6.10 Å². The number of nitrogens with zero attached hydrogens (tertiary/aromatic N) is 2. The number of nitrogens with one attached hydrogen (secondary N) is 1. The number of halogens is 2. The van der Waals surface area contributed by atoms with Crippen molar-refractivity contribution in [3.05, 3.63) is 70.8 Å². The summed E-state index contributed by atoms with van der Waals surface area (Å²) in [5, 5.41) is 22.9. The number of carbonyl (C=O) groups excluding carboxylic acids is 1. The summed E-state index contributed by atoms with van der Waals surface area (Å²) in [5.41, 5.74) is -0.777. The van der Waals surface area contributed by atoms with Gasteiger partial charge in [-0.3, -0.25) is 9.36 Å². The third-order valence-corrected chi connectivity index (χ3v) is 4.90. The highest BCUT2D eigenvalue weighted by atomic mass is 19.3. The quantitative estimate of drug-likeness (QED) is 0.594. The van der Waals surface area contributed by atoms with Gasteiger partial charge in [0.1, 0.15) is 11.9 Å². The number of aromatic nitrogens is 2. The van der Waals surface area contributed by atoms with E-state index in [0.29, 0.717) is 10.1 Å². The molecule has 0 saturated carbocycles. The molecule has 1 fully saturated rings. The highest BCUT2D eigenvalue weighted by molar-refractivity contribution is 6.06. The van der Waals surface area contributed by atoms with Crippen LogP contribution >= 0.6 is 0 Å². The van der Waals surface area contributed by atoms with Crippen molar-refractivity contribution in [3.63, 3.8) is 0 Å². The molecule has 1 aliphatic heterocycles. The van der Waals surface area contributed by atoms with Gasteiger partial charge in [-0.25, -0.2) is 4.79 Å². The van der Waals surface area contributed by atoms with Crippen LogP contribution in [0.25, 0.3) is 10.8 Å². The Morgan fingerprint density at radius 2 is 1.93 bits per heavy atom. The van der Waals surface area contributed by atoms with Gasteiger partial charge in [0.25, 0.3) is 5.91 Å². The molecular formula is C20H17F2N3O5. The van der Waals surface area contributed by atoms with Gasteiger partial charge in [-0.2, -0.15) is 13.8 Å². The monoisotopic (exact) mass is 417 g/mol. The van der Waals surface area contributed by atoms with E-state index >= 15 is 0 Å². The van der Waals surface area contributed by atoms with Gasteiger partial charge in [-0.15, -0.1) is 0 Å². The molecule has 1 amide bonds. The van der Waals surface area contributed by atoms with E-state index < -0.39 is 42.6 Å². The van der Waals surface area contributed by atoms with Crippen molar-refractivity contribution in [1.29, 1.82) is 0 Å². The zero-order chi connectivity index (χ0) is 21.5. The van der Waals surface area contributed by atoms with E-state index in [1.807, 2.05) is 24.3 Å². The van der Waals surface area contributed by atoms with E-state index in [2.05, 4.69) is 10.3 Å². The van der Waals surface area contributed by atoms with E-state index in [0.717, 1.165) is 17.0 Å². The normalized spacial score (nSPS) is 22.9. The molecule has 0 spiro atoms. The molecule has 0 radical (unpaired) electrons. The summed E-state index contributed by atoms with van der Waals surface area (Å²) < 4.78 is 33.9. The van der Waals surface area contributed by atoms with Crippen molar-refractivity contribution in [1.82, 2.24) is 9.55 Å². The lowest BCUT2D eigenvalue weighted by Crippen LogP contribution is -2.41. The van der Waals surface area contributed by atoms with Crippen molar-refractivity contribution in [3.8, 4) is 0 Å². The first-order valence-corrected chi connectivity index (χ1v) is 9.03. The number of aliphatic hydroxyl groups excluding tert-OH is 2. The zero-order valence-corrected chi connectivity index (χ0v) is 15.4. The van der Waals surface area contributed by atoms with Crippen molar-refractivity contribution >= 4 is 22.5 Å². The third-order valence-electron chi connectivity index (χ3n) is 4.90. The molecule has 3 atom stereocenters. The Balaban J connectivity index is 1.56. The van der Waals surface area contributed by atoms with Crippen LogP contribution in [0.3, 0.4) is 0 Å². The summed E-state index contributed by atoms with van der Waals surface area (Å²) in [4.78, 5) is 28.3. The fourth-order valence-electron chi connectivity index (χ4n) is 3.30. The molecule has 1 aliphatic rings. The number of benzene rings is 2. The Bertz CT molecular complexity index is 1170. The lowest BCUT2D eigenvalue weighted by Gasteiger charge is -2.21. The number of anilines is 1. The molecule has 4 rings (SSSR count). The van der Waals surface area contributed by atoms with Crippen LogP contribution in [-0.4, -0.2) is 50.4 Å². The van der Waals surface area contributed by atoms with Crippen molar-refractivity contribution < 1.29 is 28.5 Å². The van der Waals surface area contributed by atoms with Crippen molar-refractivity contribution in [2.24, 2.45) is 0 Å². The molecule has 0 unspecified atom stereocenters. The van der Waals surface area contributed by atoms with Crippen LogP contribution in [0.4, 0.5) is 14.6 Å². The number of hydrogen-bond donors (Lipinski definition) is 3. The maximum absolute atomic E-state index is 14.2. The molecule has 3 aromatic rings. The number of aliphatic hydroxyl groups is 2. The maximum atomic E-state index is 14.2. The van der Waals surface area contributed by atoms with E-state index in [1.165, 1.54) is 6.07 Å². The summed E-state index contributed by atoms with van der Waals surface area (Å²) in [6, 6.07) is 13.7. The van der Waals surface area contributed by atoms with Gasteiger partial charge in [-0.1, -0.05) is 30.3 Å². The first kappa shape index (κ1) is 20.1.